The van der Waals surface area contributed by atoms with Gasteiger partial charge in [-0.2, -0.15) is 4.98 Å². The van der Waals surface area contributed by atoms with Crippen molar-refractivity contribution in [1.29, 1.82) is 0 Å². The van der Waals surface area contributed by atoms with E-state index in [9.17, 15) is 9.59 Å². The molecule has 0 radical (unpaired) electrons. The third-order valence-electron chi connectivity index (χ3n) is 7.86. The Balaban J connectivity index is 1.33. The van der Waals surface area contributed by atoms with Crippen LogP contribution in [0, 0.1) is 6.92 Å². The molecular formula is C32H34N6O3S. The number of piperidine rings is 2. The van der Waals surface area contributed by atoms with Gasteiger partial charge >= 0.3 is 0 Å². The fraction of sp³-hybridized carbons (Fsp3) is 0.344. The van der Waals surface area contributed by atoms with Crippen molar-refractivity contribution in [3.8, 4) is 11.5 Å². The number of carbonyl (C=O) groups is 2. The SMILES string of the molecule is Cc1nc(N2CCCCC2)nc(N2CCCCC2)c1C=C1C(=O)NC(=S)N(c2ccc(Oc3ccccc3)cc2)C1=O. The van der Waals surface area contributed by atoms with Crippen molar-refractivity contribution in [2.75, 3.05) is 40.9 Å². The average Bonchev–Trinajstić information content (AvgIpc) is 3.02. The lowest BCUT2D eigenvalue weighted by Crippen LogP contribution is -2.54. The summed E-state index contributed by atoms with van der Waals surface area (Å²) in [5, 5.41) is 2.73. The first-order valence-corrected chi connectivity index (χ1v) is 15.0. The van der Waals surface area contributed by atoms with Crippen LogP contribution < -0.4 is 24.8 Å². The van der Waals surface area contributed by atoms with Crippen molar-refractivity contribution in [3.05, 3.63) is 71.4 Å². The third-order valence-corrected chi connectivity index (χ3v) is 8.15. The van der Waals surface area contributed by atoms with E-state index in [1.165, 1.54) is 17.7 Å². The minimum Gasteiger partial charge on any atom is -0.457 e. The van der Waals surface area contributed by atoms with Gasteiger partial charge < -0.3 is 14.5 Å². The summed E-state index contributed by atoms with van der Waals surface area (Å²) in [6.45, 7) is 5.54. The van der Waals surface area contributed by atoms with Crippen LogP contribution in [-0.2, 0) is 9.59 Å². The maximum atomic E-state index is 13.9. The van der Waals surface area contributed by atoms with E-state index in [2.05, 4.69) is 15.1 Å². The number of rotatable bonds is 6. The molecule has 3 saturated heterocycles. The van der Waals surface area contributed by atoms with E-state index >= 15 is 0 Å². The highest BCUT2D eigenvalue weighted by molar-refractivity contribution is 7.80. The van der Waals surface area contributed by atoms with Crippen molar-refractivity contribution in [2.24, 2.45) is 0 Å². The Kier molecular flexibility index (Phi) is 8.14. The molecule has 4 heterocycles. The maximum Gasteiger partial charge on any atom is 0.270 e. The zero-order valence-electron chi connectivity index (χ0n) is 23.7. The number of hydrogen-bond acceptors (Lipinski definition) is 8. The first-order valence-electron chi connectivity index (χ1n) is 14.6. The smallest absolute Gasteiger partial charge is 0.270 e. The second kappa shape index (κ2) is 12.3. The summed E-state index contributed by atoms with van der Waals surface area (Å²) in [4.78, 5) is 42.8. The zero-order chi connectivity index (χ0) is 29.1. The highest BCUT2D eigenvalue weighted by atomic mass is 32.1. The zero-order valence-corrected chi connectivity index (χ0v) is 24.5. The molecule has 9 nitrogen and oxygen atoms in total. The molecule has 3 fully saturated rings. The number of aryl methyl sites for hydroxylation is 1. The number of hydrogen-bond donors (Lipinski definition) is 1. The van der Waals surface area contributed by atoms with E-state index in [0.29, 0.717) is 22.7 Å². The molecule has 2 amide bonds. The Hall–Kier alpha value is -4.31. The van der Waals surface area contributed by atoms with Gasteiger partial charge in [-0.3, -0.25) is 19.8 Å². The number of anilines is 3. The second-order valence-electron chi connectivity index (χ2n) is 10.8. The molecule has 10 heteroatoms. The third kappa shape index (κ3) is 5.85. The van der Waals surface area contributed by atoms with Gasteiger partial charge in [-0.25, -0.2) is 4.98 Å². The van der Waals surface area contributed by atoms with Gasteiger partial charge in [0.05, 0.1) is 11.4 Å². The summed E-state index contributed by atoms with van der Waals surface area (Å²) in [5.41, 5.74) is 1.95. The van der Waals surface area contributed by atoms with Gasteiger partial charge in [-0.05, 0) is 100 Å². The molecule has 1 aromatic heterocycles. The molecule has 0 aliphatic carbocycles. The fourth-order valence-electron chi connectivity index (χ4n) is 5.63. The van der Waals surface area contributed by atoms with Gasteiger partial charge in [-0.1, -0.05) is 18.2 Å². The molecular weight excluding hydrogens is 548 g/mol. The number of benzene rings is 2. The van der Waals surface area contributed by atoms with Crippen LogP contribution in [0.15, 0.2) is 60.2 Å². The van der Waals surface area contributed by atoms with Crippen molar-refractivity contribution < 1.29 is 14.3 Å². The van der Waals surface area contributed by atoms with Crippen LogP contribution in [-0.4, -0.2) is 53.1 Å². The number of amides is 2. The van der Waals surface area contributed by atoms with Gasteiger partial charge in [0.2, 0.25) is 5.95 Å². The summed E-state index contributed by atoms with van der Waals surface area (Å²) < 4.78 is 5.89. The Morgan fingerprint density at radius 3 is 2.10 bits per heavy atom. The van der Waals surface area contributed by atoms with Crippen LogP contribution in [0.25, 0.3) is 6.08 Å². The standard InChI is InChI=1S/C32H34N6O3S/c1-22-26(28(36-17-7-3-8-18-36)34-31(33-22)37-19-9-4-10-20-37)21-27-29(39)35-32(42)38(30(27)40)23-13-15-25(16-14-23)41-24-11-5-2-6-12-24/h2,5-6,11-16,21H,3-4,7-10,17-20H2,1H3,(H,35,39,42). The van der Waals surface area contributed by atoms with E-state index in [1.807, 2.05) is 37.3 Å². The normalized spacial score (nSPS) is 18.8. The lowest BCUT2D eigenvalue weighted by molar-refractivity contribution is -0.122. The summed E-state index contributed by atoms with van der Waals surface area (Å²) in [6, 6.07) is 16.5. The minimum atomic E-state index is -0.533. The Labute approximate surface area is 251 Å². The van der Waals surface area contributed by atoms with E-state index in [0.717, 1.165) is 69.3 Å². The Bertz CT molecular complexity index is 1510. The topological polar surface area (TPSA) is 90.9 Å². The number of nitrogens with one attached hydrogen (secondary N) is 1. The van der Waals surface area contributed by atoms with Crippen LogP contribution >= 0.6 is 12.2 Å². The number of aromatic nitrogens is 2. The first kappa shape index (κ1) is 27.8. The average molecular weight is 583 g/mol. The van der Waals surface area contributed by atoms with Gasteiger partial charge in [0.1, 0.15) is 22.9 Å². The fourth-order valence-corrected chi connectivity index (χ4v) is 5.91. The molecule has 0 spiro atoms. The number of carbonyl (C=O) groups excluding carboxylic acids is 2. The molecule has 0 unspecified atom stereocenters. The van der Waals surface area contributed by atoms with E-state index in [4.69, 9.17) is 26.9 Å². The van der Waals surface area contributed by atoms with Gasteiger partial charge in [0, 0.05) is 31.7 Å². The molecule has 0 bridgehead atoms. The number of thiocarbonyl (C=S) groups is 1. The first-order chi connectivity index (χ1) is 20.5. The second-order valence-corrected chi connectivity index (χ2v) is 11.2. The van der Waals surface area contributed by atoms with Crippen molar-refractivity contribution in [1.82, 2.24) is 15.3 Å². The summed E-state index contributed by atoms with van der Waals surface area (Å²) in [7, 11) is 0. The molecule has 42 heavy (non-hydrogen) atoms. The summed E-state index contributed by atoms with van der Waals surface area (Å²) >= 11 is 5.44. The van der Waals surface area contributed by atoms with Crippen LogP contribution in [0.4, 0.5) is 17.5 Å². The quantitative estimate of drug-likeness (QED) is 0.235. The Morgan fingerprint density at radius 2 is 1.43 bits per heavy atom. The van der Waals surface area contributed by atoms with Gasteiger partial charge in [-0.15, -0.1) is 0 Å². The van der Waals surface area contributed by atoms with Crippen molar-refractivity contribution in [2.45, 2.75) is 45.4 Å². The predicted octanol–water partition coefficient (Wildman–Crippen LogP) is 5.39. The molecule has 0 atom stereocenters. The molecule has 6 rings (SSSR count). The summed E-state index contributed by atoms with van der Waals surface area (Å²) in [5.74, 6) is 1.79. The largest absolute Gasteiger partial charge is 0.457 e. The van der Waals surface area contributed by atoms with Gasteiger partial charge in [0.15, 0.2) is 5.11 Å². The molecule has 216 valence electrons. The molecule has 3 aromatic rings. The highest BCUT2D eigenvalue weighted by Crippen LogP contribution is 2.32. The highest BCUT2D eigenvalue weighted by Gasteiger charge is 2.35. The lowest BCUT2D eigenvalue weighted by atomic mass is 10.0. The van der Waals surface area contributed by atoms with Crippen molar-refractivity contribution in [3.63, 3.8) is 0 Å². The van der Waals surface area contributed by atoms with E-state index < -0.39 is 11.8 Å². The van der Waals surface area contributed by atoms with Crippen LogP contribution in [0.2, 0.25) is 0 Å². The maximum absolute atomic E-state index is 13.9. The van der Waals surface area contributed by atoms with Crippen LogP contribution in [0.3, 0.4) is 0 Å². The monoisotopic (exact) mass is 582 g/mol. The molecule has 3 aliphatic heterocycles. The summed E-state index contributed by atoms with van der Waals surface area (Å²) in [6.07, 6.45) is 8.43. The van der Waals surface area contributed by atoms with Gasteiger partial charge in [0.25, 0.3) is 11.8 Å². The van der Waals surface area contributed by atoms with Crippen LogP contribution in [0.5, 0.6) is 11.5 Å². The number of ether oxygens (including phenoxy) is 1. The van der Waals surface area contributed by atoms with Crippen LogP contribution in [0.1, 0.15) is 49.8 Å². The molecule has 0 saturated carbocycles. The van der Waals surface area contributed by atoms with E-state index in [-0.39, 0.29) is 10.7 Å². The molecule has 3 aliphatic rings. The predicted molar refractivity (Wildman–Crippen MR) is 168 cm³/mol. The molecule has 2 aromatic carbocycles. The number of nitrogens with zero attached hydrogens (tertiary/aromatic N) is 5. The Morgan fingerprint density at radius 1 is 0.810 bits per heavy atom. The minimum absolute atomic E-state index is 0.0103. The van der Waals surface area contributed by atoms with Crippen molar-refractivity contribution >= 4 is 52.7 Å². The molecule has 1 N–H and O–H groups in total. The lowest BCUT2D eigenvalue weighted by Gasteiger charge is -2.33. The number of para-hydroxylation sites is 1. The van der Waals surface area contributed by atoms with E-state index in [1.54, 1.807) is 30.3 Å².